The molecule has 0 radical (unpaired) electrons. The van der Waals surface area contributed by atoms with Gasteiger partial charge in [-0.1, -0.05) is 30.5 Å². The van der Waals surface area contributed by atoms with Crippen molar-refractivity contribution in [3.63, 3.8) is 0 Å². The third kappa shape index (κ3) is 4.00. The lowest BCUT2D eigenvalue weighted by Gasteiger charge is -2.20. The molecular weight excluding hydrogens is 374 g/mol. The van der Waals surface area contributed by atoms with Gasteiger partial charge in [-0.05, 0) is 57.7 Å². The number of nitrogens with zero attached hydrogens (tertiary/aromatic N) is 1. The summed E-state index contributed by atoms with van der Waals surface area (Å²) in [4.78, 5) is 16.1. The predicted octanol–water partition coefficient (Wildman–Crippen LogP) is 4.07. The highest BCUT2D eigenvalue weighted by Crippen LogP contribution is 2.29. The van der Waals surface area contributed by atoms with Gasteiger partial charge in [-0.3, -0.25) is 4.79 Å². The molecule has 2 aromatic rings. The van der Waals surface area contributed by atoms with Gasteiger partial charge in [-0.15, -0.1) is 0 Å². The van der Waals surface area contributed by atoms with Crippen molar-refractivity contribution >= 4 is 21.6 Å². The highest BCUT2D eigenvalue weighted by atomic mass is 32.2. The molecule has 6 nitrogen and oxygen atoms in total. The van der Waals surface area contributed by atoms with E-state index in [0.29, 0.717) is 30.0 Å². The van der Waals surface area contributed by atoms with Crippen LogP contribution in [0.1, 0.15) is 58.6 Å². The average molecular weight is 404 g/mol. The first kappa shape index (κ1) is 20.6. The van der Waals surface area contributed by atoms with Gasteiger partial charge in [0.2, 0.25) is 10.0 Å². The summed E-state index contributed by atoms with van der Waals surface area (Å²) in [6.45, 7) is 8.42. The topological polar surface area (TPSA) is 82.3 Å². The van der Waals surface area contributed by atoms with Crippen LogP contribution >= 0.6 is 0 Å². The van der Waals surface area contributed by atoms with E-state index in [1.165, 1.54) is 0 Å². The Labute approximate surface area is 167 Å². The number of rotatable bonds is 4. The van der Waals surface area contributed by atoms with Crippen molar-refractivity contribution in [1.82, 2.24) is 9.29 Å². The number of aryl methyl sites for hydroxylation is 3. The van der Waals surface area contributed by atoms with Gasteiger partial charge in [-0.25, -0.2) is 8.42 Å². The maximum atomic E-state index is 13.2. The Hall–Kier alpha value is -2.12. The Morgan fingerprint density at radius 2 is 1.68 bits per heavy atom. The molecule has 28 heavy (non-hydrogen) atoms. The quantitative estimate of drug-likeness (QED) is 0.807. The number of anilines is 1. The monoisotopic (exact) mass is 403 g/mol. The normalized spacial score (nSPS) is 16.0. The van der Waals surface area contributed by atoms with Gasteiger partial charge in [0.25, 0.3) is 5.91 Å². The van der Waals surface area contributed by atoms with E-state index >= 15 is 0 Å². The van der Waals surface area contributed by atoms with E-state index in [0.717, 1.165) is 42.5 Å². The van der Waals surface area contributed by atoms with Gasteiger partial charge in [0.15, 0.2) is 0 Å². The van der Waals surface area contributed by atoms with Crippen LogP contribution in [-0.4, -0.2) is 36.7 Å². The number of aromatic nitrogens is 1. The maximum absolute atomic E-state index is 13.2. The highest BCUT2D eigenvalue weighted by Gasteiger charge is 2.32. The largest absolute Gasteiger partial charge is 0.353 e. The van der Waals surface area contributed by atoms with E-state index in [-0.39, 0.29) is 10.8 Å². The molecule has 2 heterocycles. The van der Waals surface area contributed by atoms with Crippen molar-refractivity contribution in [1.29, 1.82) is 0 Å². The second kappa shape index (κ2) is 8.09. The number of aromatic amines is 1. The molecule has 1 amide bonds. The molecule has 1 fully saturated rings. The van der Waals surface area contributed by atoms with Crippen LogP contribution in [-0.2, 0) is 10.0 Å². The van der Waals surface area contributed by atoms with Crippen LogP contribution in [0.5, 0.6) is 0 Å². The number of nitrogens with one attached hydrogen (secondary N) is 2. The maximum Gasteiger partial charge on any atom is 0.272 e. The Balaban J connectivity index is 1.91. The molecule has 1 aliphatic rings. The standard InChI is InChI=1S/C21H29N3O3S/c1-14-9-10-18(15(2)13-14)23-21(25)19-16(3)20(17(4)22-19)28(26,27)24-11-7-5-6-8-12-24/h9-10,13,22H,5-8,11-12H2,1-4H3,(H,23,25). The first-order valence-electron chi connectivity index (χ1n) is 9.79. The number of amides is 1. The van der Waals surface area contributed by atoms with Gasteiger partial charge in [0.1, 0.15) is 10.6 Å². The van der Waals surface area contributed by atoms with Crippen LogP contribution in [0, 0.1) is 27.7 Å². The van der Waals surface area contributed by atoms with Crippen molar-refractivity contribution in [3.8, 4) is 0 Å². The summed E-state index contributed by atoms with van der Waals surface area (Å²) >= 11 is 0. The molecular formula is C21H29N3O3S. The van der Waals surface area contributed by atoms with Crippen LogP contribution in [0.3, 0.4) is 0 Å². The molecule has 0 atom stereocenters. The fraction of sp³-hybridized carbons (Fsp3) is 0.476. The summed E-state index contributed by atoms with van der Waals surface area (Å²) in [5.74, 6) is -0.329. The van der Waals surface area contributed by atoms with E-state index < -0.39 is 10.0 Å². The summed E-state index contributed by atoms with van der Waals surface area (Å²) in [6.07, 6.45) is 3.87. The molecule has 152 valence electrons. The van der Waals surface area contributed by atoms with Gasteiger partial charge in [-0.2, -0.15) is 4.31 Å². The molecule has 0 aliphatic carbocycles. The number of hydrogen-bond donors (Lipinski definition) is 2. The van der Waals surface area contributed by atoms with Crippen LogP contribution in [0.4, 0.5) is 5.69 Å². The Kier molecular flexibility index (Phi) is 5.95. The molecule has 7 heteroatoms. The third-order valence-corrected chi connectivity index (χ3v) is 7.56. The van der Waals surface area contributed by atoms with Crippen molar-refractivity contribution in [2.45, 2.75) is 58.3 Å². The number of benzene rings is 1. The second-order valence-electron chi connectivity index (χ2n) is 7.67. The second-order valence-corrected chi connectivity index (χ2v) is 9.54. The van der Waals surface area contributed by atoms with Crippen LogP contribution in [0.2, 0.25) is 0 Å². The number of H-pyrrole nitrogens is 1. The van der Waals surface area contributed by atoms with E-state index in [1.54, 1.807) is 18.2 Å². The highest BCUT2D eigenvalue weighted by molar-refractivity contribution is 7.89. The molecule has 0 unspecified atom stereocenters. The molecule has 0 spiro atoms. The minimum atomic E-state index is -3.62. The first-order valence-corrected chi connectivity index (χ1v) is 11.2. The lowest BCUT2D eigenvalue weighted by molar-refractivity contribution is 0.102. The average Bonchev–Trinajstić information content (AvgIpc) is 2.80. The number of carbonyl (C=O) groups excluding carboxylic acids is 1. The first-order chi connectivity index (χ1) is 13.2. The van der Waals surface area contributed by atoms with Crippen molar-refractivity contribution in [2.75, 3.05) is 18.4 Å². The summed E-state index contributed by atoms with van der Waals surface area (Å²) in [5.41, 5.74) is 4.08. The smallest absolute Gasteiger partial charge is 0.272 e. The summed E-state index contributed by atoms with van der Waals surface area (Å²) < 4.78 is 28.0. The molecule has 0 bridgehead atoms. The fourth-order valence-corrected chi connectivity index (χ4v) is 5.82. The number of carbonyl (C=O) groups is 1. The zero-order valence-electron chi connectivity index (χ0n) is 17.1. The SMILES string of the molecule is Cc1ccc(NC(=O)c2[nH]c(C)c(S(=O)(=O)N3CCCCCC3)c2C)c(C)c1. The predicted molar refractivity (Wildman–Crippen MR) is 111 cm³/mol. The summed E-state index contributed by atoms with van der Waals surface area (Å²) in [5, 5.41) is 2.90. The van der Waals surface area contributed by atoms with Crippen molar-refractivity contribution in [3.05, 3.63) is 46.3 Å². The third-order valence-electron chi connectivity index (χ3n) is 5.39. The molecule has 1 aromatic carbocycles. The lowest BCUT2D eigenvalue weighted by Crippen LogP contribution is -2.32. The minimum absolute atomic E-state index is 0.236. The van der Waals surface area contributed by atoms with Crippen molar-refractivity contribution in [2.24, 2.45) is 0 Å². The summed E-state index contributed by atoms with van der Waals surface area (Å²) in [6, 6.07) is 5.80. The summed E-state index contributed by atoms with van der Waals surface area (Å²) in [7, 11) is -3.62. The van der Waals surface area contributed by atoms with E-state index in [9.17, 15) is 13.2 Å². The van der Waals surface area contributed by atoms with Crippen LogP contribution in [0.25, 0.3) is 0 Å². The van der Waals surface area contributed by atoms with Gasteiger partial charge < -0.3 is 10.3 Å². The minimum Gasteiger partial charge on any atom is -0.353 e. The molecule has 1 aromatic heterocycles. The Morgan fingerprint density at radius 3 is 2.29 bits per heavy atom. The van der Waals surface area contributed by atoms with E-state index in [1.807, 2.05) is 32.0 Å². The van der Waals surface area contributed by atoms with Gasteiger partial charge >= 0.3 is 0 Å². The number of hydrogen-bond acceptors (Lipinski definition) is 3. The van der Waals surface area contributed by atoms with Crippen LogP contribution in [0.15, 0.2) is 23.1 Å². The zero-order valence-corrected chi connectivity index (χ0v) is 17.9. The lowest BCUT2D eigenvalue weighted by atomic mass is 10.1. The molecule has 0 saturated carbocycles. The zero-order chi connectivity index (χ0) is 20.5. The van der Waals surface area contributed by atoms with Gasteiger partial charge in [0.05, 0.1) is 0 Å². The molecule has 1 aliphatic heterocycles. The van der Waals surface area contributed by atoms with Crippen LogP contribution < -0.4 is 5.32 Å². The molecule has 2 N–H and O–H groups in total. The molecule has 3 rings (SSSR count). The Bertz CT molecular complexity index is 985. The Morgan fingerprint density at radius 1 is 1.04 bits per heavy atom. The number of sulfonamides is 1. The fourth-order valence-electron chi connectivity index (χ4n) is 3.90. The van der Waals surface area contributed by atoms with E-state index in [4.69, 9.17) is 0 Å². The molecule has 1 saturated heterocycles. The van der Waals surface area contributed by atoms with E-state index in [2.05, 4.69) is 10.3 Å². The van der Waals surface area contributed by atoms with Gasteiger partial charge in [0, 0.05) is 24.5 Å². The van der Waals surface area contributed by atoms with Crippen molar-refractivity contribution < 1.29 is 13.2 Å².